The summed E-state index contributed by atoms with van der Waals surface area (Å²) >= 11 is 0. The van der Waals surface area contributed by atoms with Crippen LogP contribution in [0.2, 0.25) is 0 Å². The van der Waals surface area contributed by atoms with Gasteiger partial charge in [-0.2, -0.15) is 26.3 Å². The van der Waals surface area contributed by atoms with Crippen molar-refractivity contribution >= 4 is 37.4 Å². The maximum Gasteiger partial charge on any atom is 0.475 e. The van der Waals surface area contributed by atoms with Gasteiger partial charge in [-0.3, -0.25) is 4.40 Å². The van der Waals surface area contributed by atoms with E-state index in [-0.39, 0.29) is 5.58 Å². The number of imidazole rings is 1. The number of hydrogen-bond acceptors (Lipinski definition) is 6. The van der Waals surface area contributed by atoms with Gasteiger partial charge in [0, 0.05) is 0 Å². The standard InChI is InChI=1S/C18H11F6N3O4S2/c1-2-33(29,30)16-14(25-12-8-4-7-11(27(12)16)17(19,20)21)15-26-13-9(31-15)5-3-6-10(13)32(28)18(22,23)24/h3-8H,2H2,1H3. The summed E-state index contributed by atoms with van der Waals surface area (Å²) in [7, 11) is -7.86. The predicted octanol–water partition coefficient (Wildman–Crippen LogP) is 4.58. The van der Waals surface area contributed by atoms with Crippen LogP contribution in [-0.2, 0) is 26.8 Å². The van der Waals surface area contributed by atoms with Gasteiger partial charge in [0.15, 0.2) is 36.9 Å². The zero-order valence-corrected chi connectivity index (χ0v) is 17.9. The van der Waals surface area contributed by atoms with Crippen molar-refractivity contribution in [3.05, 3.63) is 42.1 Å². The van der Waals surface area contributed by atoms with Gasteiger partial charge in [-0.15, -0.1) is 0 Å². The summed E-state index contributed by atoms with van der Waals surface area (Å²) in [5, 5.41) is -0.877. The molecule has 0 saturated carbocycles. The Kier molecular flexibility index (Phi) is 5.31. The molecule has 0 spiro atoms. The molecular formula is C18H11F6N3O4S2. The minimum atomic E-state index is -5.12. The summed E-state index contributed by atoms with van der Waals surface area (Å²) in [6.07, 6.45) is -4.95. The number of alkyl halides is 6. The fourth-order valence-electron chi connectivity index (χ4n) is 3.15. The van der Waals surface area contributed by atoms with Crippen molar-refractivity contribution in [3.63, 3.8) is 0 Å². The van der Waals surface area contributed by atoms with E-state index in [1.807, 2.05) is 0 Å². The highest BCUT2D eigenvalue weighted by molar-refractivity contribution is 7.91. The molecule has 0 radical (unpaired) electrons. The number of oxazole rings is 1. The van der Waals surface area contributed by atoms with Crippen LogP contribution in [0.1, 0.15) is 12.6 Å². The Morgan fingerprint density at radius 3 is 2.30 bits per heavy atom. The lowest BCUT2D eigenvalue weighted by Gasteiger charge is -2.11. The SMILES string of the molecule is CCS(=O)(=O)c1c(-c2nc3c(S(=O)C(F)(F)F)cccc3o2)nc2cccc(C(F)(F)F)n12. The van der Waals surface area contributed by atoms with E-state index < -0.39 is 76.4 Å². The summed E-state index contributed by atoms with van der Waals surface area (Å²) in [5.41, 5.74) is -8.24. The quantitative estimate of drug-likeness (QED) is 0.373. The smallest absolute Gasteiger partial charge is 0.435 e. The fourth-order valence-corrected chi connectivity index (χ4v) is 5.09. The van der Waals surface area contributed by atoms with E-state index in [1.165, 1.54) is 13.0 Å². The van der Waals surface area contributed by atoms with Gasteiger partial charge in [-0.25, -0.2) is 22.6 Å². The van der Waals surface area contributed by atoms with Crippen molar-refractivity contribution in [2.24, 2.45) is 0 Å². The van der Waals surface area contributed by atoms with Gasteiger partial charge < -0.3 is 4.42 Å². The molecule has 33 heavy (non-hydrogen) atoms. The Bertz CT molecular complexity index is 1520. The topological polar surface area (TPSA) is 94.5 Å². The molecule has 176 valence electrons. The van der Waals surface area contributed by atoms with Gasteiger partial charge in [0.2, 0.25) is 5.89 Å². The van der Waals surface area contributed by atoms with E-state index in [9.17, 15) is 39.0 Å². The molecule has 0 bridgehead atoms. The Balaban J connectivity index is 2.07. The molecule has 0 aliphatic carbocycles. The number of nitrogens with zero attached hydrogens (tertiary/aromatic N) is 3. The van der Waals surface area contributed by atoms with Crippen LogP contribution < -0.4 is 0 Å². The summed E-state index contributed by atoms with van der Waals surface area (Å²) in [4.78, 5) is 7.00. The first-order valence-electron chi connectivity index (χ1n) is 8.95. The van der Waals surface area contributed by atoms with Crippen molar-refractivity contribution in [3.8, 4) is 11.6 Å². The molecule has 0 aliphatic heterocycles. The molecule has 1 unspecified atom stereocenters. The third kappa shape index (κ3) is 3.88. The van der Waals surface area contributed by atoms with Crippen molar-refractivity contribution < 1.29 is 43.4 Å². The van der Waals surface area contributed by atoms with Crippen LogP contribution in [0, 0.1) is 0 Å². The summed E-state index contributed by atoms with van der Waals surface area (Å²) in [6, 6.07) is 6.00. The van der Waals surface area contributed by atoms with Crippen LogP contribution >= 0.6 is 0 Å². The maximum atomic E-state index is 13.6. The molecule has 4 aromatic rings. The number of rotatable bonds is 4. The molecule has 3 heterocycles. The van der Waals surface area contributed by atoms with Crippen LogP contribution in [-0.4, -0.2) is 38.3 Å². The van der Waals surface area contributed by atoms with Crippen LogP contribution in [0.5, 0.6) is 0 Å². The molecule has 3 aromatic heterocycles. The third-order valence-electron chi connectivity index (χ3n) is 4.56. The first-order chi connectivity index (χ1) is 15.3. The molecule has 0 aliphatic rings. The van der Waals surface area contributed by atoms with Crippen molar-refractivity contribution in [2.75, 3.05) is 5.75 Å². The molecule has 7 nitrogen and oxygen atoms in total. The Morgan fingerprint density at radius 1 is 1.03 bits per heavy atom. The largest absolute Gasteiger partial charge is 0.475 e. The van der Waals surface area contributed by atoms with Gasteiger partial charge in [0.25, 0.3) is 0 Å². The van der Waals surface area contributed by atoms with E-state index in [0.717, 1.165) is 24.3 Å². The number of halogens is 6. The average molecular weight is 511 g/mol. The number of hydrogen-bond donors (Lipinski definition) is 0. The monoisotopic (exact) mass is 511 g/mol. The molecule has 0 amide bonds. The molecular weight excluding hydrogens is 500 g/mol. The fraction of sp³-hybridized carbons (Fsp3) is 0.222. The highest BCUT2D eigenvalue weighted by Gasteiger charge is 2.40. The summed E-state index contributed by atoms with van der Waals surface area (Å²) < 4.78 is 123. The average Bonchev–Trinajstić information content (AvgIpc) is 3.33. The molecule has 4 rings (SSSR count). The number of para-hydroxylation sites is 1. The molecule has 15 heteroatoms. The van der Waals surface area contributed by atoms with E-state index in [4.69, 9.17) is 4.42 Å². The van der Waals surface area contributed by atoms with Crippen LogP contribution in [0.25, 0.3) is 28.3 Å². The predicted molar refractivity (Wildman–Crippen MR) is 103 cm³/mol. The number of sulfone groups is 1. The summed E-state index contributed by atoms with van der Waals surface area (Å²) in [5.74, 6) is -1.25. The number of aromatic nitrogens is 3. The Morgan fingerprint density at radius 2 is 1.70 bits per heavy atom. The zero-order chi connectivity index (χ0) is 24.3. The molecule has 0 fully saturated rings. The number of fused-ring (bicyclic) bond motifs is 2. The van der Waals surface area contributed by atoms with Gasteiger partial charge in [0.05, 0.1) is 10.6 Å². The first kappa shape index (κ1) is 23.2. The third-order valence-corrected chi connectivity index (χ3v) is 7.44. The number of pyridine rings is 1. The lowest BCUT2D eigenvalue weighted by Crippen LogP contribution is -2.16. The van der Waals surface area contributed by atoms with E-state index >= 15 is 0 Å². The Labute approximate surface area is 183 Å². The minimum Gasteiger partial charge on any atom is -0.435 e. The van der Waals surface area contributed by atoms with E-state index in [0.29, 0.717) is 10.5 Å². The molecule has 1 aromatic carbocycles. The second-order valence-corrected chi connectivity index (χ2v) is 10.2. The highest BCUT2D eigenvalue weighted by atomic mass is 32.2. The van der Waals surface area contributed by atoms with Crippen LogP contribution in [0.4, 0.5) is 26.3 Å². The van der Waals surface area contributed by atoms with Gasteiger partial charge in [-0.05, 0) is 24.3 Å². The van der Waals surface area contributed by atoms with E-state index in [1.54, 1.807) is 0 Å². The maximum absolute atomic E-state index is 13.6. The van der Waals surface area contributed by atoms with Gasteiger partial charge in [-0.1, -0.05) is 19.1 Å². The van der Waals surface area contributed by atoms with Crippen molar-refractivity contribution in [2.45, 2.75) is 28.5 Å². The number of benzene rings is 1. The van der Waals surface area contributed by atoms with Crippen LogP contribution in [0.3, 0.4) is 0 Å². The zero-order valence-electron chi connectivity index (χ0n) is 16.2. The van der Waals surface area contributed by atoms with Gasteiger partial charge in [0.1, 0.15) is 16.9 Å². The normalized spacial score (nSPS) is 14.3. The van der Waals surface area contributed by atoms with E-state index in [2.05, 4.69) is 9.97 Å². The molecule has 0 N–H and O–H groups in total. The highest BCUT2D eigenvalue weighted by Crippen LogP contribution is 2.38. The van der Waals surface area contributed by atoms with Gasteiger partial charge >= 0.3 is 11.7 Å². The lowest BCUT2D eigenvalue weighted by atomic mass is 10.3. The molecule has 0 saturated heterocycles. The molecule has 1 atom stereocenters. The van der Waals surface area contributed by atoms with Crippen LogP contribution in [0.15, 0.2) is 50.7 Å². The second kappa shape index (κ2) is 7.55. The minimum absolute atomic E-state index is 0.284. The summed E-state index contributed by atoms with van der Waals surface area (Å²) in [6.45, 7) is 1.20. The lowest BCUT2D eigenvalue weighted by molar-refractivity contribution is -0.142. The Hall–Kier alpha value is -2.94. The van der Waals surface area contributed by atoms with Crippen molar-refractivity contribution in [1.29, 1.82) is 0 Å². The first-order valence-corrected chi connectivity index (χ1v) is 11.8. The second-order valence-electron chi connectivity index (χ2n) is 6.61. The van der Waals surface area contributed by atoms with Crippen molar-refractivity contribution in [1.82, 2.24) is 14.4 Å².